The zero-order valence-electron chi connectivity index (χ0n) is 34.0. The van der Waals surface area contributed by atoms with Gasteiger partial charge in [0.25, 0.3) is 0 Å². The van der Waals surface area contributed by atoms with Crippen molar-refractivity contribution < 1.29 is 4.42 Å². The van der Waals surface area contributed by atoms with Crippen LogP contribution in [0.4, 0.5) is 0 Å². The molecule has 0 saturated heterocycles. The molecule has 0 aliphatic heterocycles. The molecule has 0 atom stereocenters. The number of pyridine rings is 2. The lowest BCUT2D eigenvalue weighted by atomic mass is 10.0. The second kappa shape index (κ2) is 14.0. The summed E-state index contributed by atoms with van der Waals surface area (Å²) in [4.78, 5) is 10.0. The molecule has 8 aromatic carbocycles. The summed E-state index contributed by atoms with van der Waals surface area (Å²) >= 11 is 0. The quantitative estimate of drug-likeness (QED) is 0.168. The summed E-state index contributed by atoms with van der Waals surface area (Å²) in [5.74, 6) is 0.889. The van der Waals surface area contributed by atoms with Crippen molar-refractivity contribution in [2.24, 2.45) is 0 Å². The van der Waals surface area contributed by atoms with Gasteiger partial charge >= 0.3 is 0 Å². The van der Waals surface area contributed by atoms with Gasteiger partial charge in [0.2, 0.25) is 0 Å². The predicted molar refractivity (Wildman–Crippen MR) is 260 cm³/mol. The molecule has 294 valence electrons. The summed E-state index contributed by atoms with van der Waals surface area (Å²) in [5, 5.41) is 5.84. The lowest BCUT2D eigenvalue weighted by Crippen LogP contribution is -2.00. The van der Waals surface area contributed by atoms with Crippen LogP contribution in [0.2, 0.25) is 0 Å². The third-order valence-electron chi connectivity index (χ3n) is 12.6. The van der Waals surface area contributed by atoms with Crippen LogP contribution in [0.15, 0.2) is 223 Å². The summed E-state index contributed by atoms with van der Waals surface area (Å²) in [6, 6.07) is 75.6. The Bertz CT molecular complexity index is 3840. The molecule has 13 aromatic rings. The van der Waals surface area contributed by atoms with Crippen LogP contribution in [0, 0.1) is 0 Å². The van der Waals surface area contributed by atoms with Crippen LogP contribution >= 0.6 is 0 Å². The Hall–Kier alpha value is -8.54. The van der Waals surface area contributed by atoms with Crippen molar-refractivity contribution in [1.29, 1.82) is 0 Å². The molecule has 0 aliphatic rings. The van der Waals surface area contributed by atoms with Crippen LogP contribution in [0.1, 0.15) is 0 Å². The SMILES string of the molecule is c1ccc(-c2cc(-c3ccccc3)nc(-n3c4ccccc4c4cc(-c5ccc6c(c5)c5ccccc5n6-c5ccc(-c6ccnc7c6oc6ccccc67)cc5)ccc43)c2)cc1. The second-order valence-electron chi connectivity index (χ2n) is 16.2. The van der Waals surface area contributed by atoms with Crippen molar-refractivity contribution in [3.8, 4) is 56.1 Å². The molecule has 0 N–H and O–H groups in total. The van der Waals surface area contributed by atoms with Crippen LogP contribution in [-0.4, -0.2) is 19.1 Å². The minimum absolute atomic E-state index is 0.810. The maximum Gasteiger partial charge on any atom is 0.161 e. The molecule has 0 spiro atoms. The fourth-order valence-electron chi connectivity index (χ4n) is 9.64. The van der Waals surface area contributed by atoms with Crippen molar-refractivity contribution in [2.45, 2.75) is 0 Å². The van der Waals surface area contributed by atoms with E-state index in [1.807, 2.05) is 30.5 Å². The number of nitrogens with zero attached hydrogens (tertiary/aromatic N) is 4. The Labute approximate surface area is 362 Å². The lowest BCUT2D eigenvalue weighted by molar-refractivity contribution is 0.669. The summed E-state index contributed by atoms with van der Waals surface area (Å²) in [6.07, 6.45) is 1.87. The topological polar surface area (TPSA) is 48.8 Å². The molecule has 0 bridgehead atoms. The third-order valence-corrected chi connectivity index (χ3v) is 12.6. The molecule has 0 unspecified atom stereocenters. The van der Waals surface area contributed by atoms with Crippen molar-refractivity contribution in [3.63, 3.8) is 0 Å². The summed E-state index contributed by atoms with van der Waals surface area (Å²) < 4.78 is 11.0. The fraction of sp³-hybridized carbons (Fsp3) is 0. The smallest absolute Gasteiger partial charge is 0.161 e. The number of benzene rings is 8. The first kappa shape index (κ1) is 35.2. The van der Waals surface area contributed by atoms with Crippen molar-refractivity contribution in [3.05, 3.63) is 219 Å². The normalized spacial score (nSPS) is 11.8. The molecule has 5 heteroatoms. The predicted octanol–water partition coefficient (Wildman–Crippen LogP) is 15.2. The number of hydrogen-bond donors (Lipinski definition) is 0. The monoisotopic (exact) mass is 804 g/mol. The molecule has 0 amide bonds. The van der Waals surface area contributed by atoms with Gasteiger partial charge in [0.15, 0.2) is 5.58 Å². The van der Waals surface area contributed by atoms with E-state index >= 15 is 0 Å². The van der Waals surface area contributed by atoms with Gasteiger partial charge in [0, 0.05) is 49.9 Å². The Kier molecular flexibility index (Phi) is 7.84. The second-order valence-corrected chi connectivity index (χ2v) is 16.2. The highest BCUT2D eigenvalue weighted by Gasteiger charge is 2.19. The summed E-state index contributed by atoms with van der Waals surface area (Å²) in [6.45, 7) is 0. The molecule has 0 fully saturated rings. The van der Waals surface area contributed by atoms with Crippen molar-refractivity contribution in [2.75, 3.05) is 0 Å². The zero-order chi connectivity index (χ0) is 41.4. The first-order valence-corrected chi connectivity index (χ1v) is 21.3. The third kappa shape index (κ3) is 5.64. The van der Waals surface area contributed by atoms with Gasteiger partial charge in [0.05, 0.1) is 27.8 Å². The largest absolute Gasteiger partial charge is 0.454 e. The lowest BCUT2D eigenvalue weighted by Gasteiger charge is -2.13. The van der Waals surface area contributed by atoms with Gasteiger partial charge in [-0.05, 0) is 107 Å². The minimum Gasteiger partial charge on any atom is -0.454 e. The molecule has 13 rings (SSSR count). The molecule has 0 radical (unpaired) electrons. The average Bonchev–Trinajstić information content (AvgIpc) is 4.02. The van der Waals surface area contributed by atoms with E-state index in [-0.39, 0.29) is 0 Å². The van der Waals surface area contributed by atoms with E-state index in [2.05, 4.69) is 202 Å². The van der Waals surface area contributed by atoms with Crippen LogP contribution in [0.5, 0.6) is 0 Å². The van der Waals surface area contributed by atoms with Gasteiger partial charge in [0.1, 0.15) is 16.9 Å². The molecular formula is C58H36N4O. The molecule has 0 aliphatic carbocycles. The van der Waals surface area contributed by atoms with E-state index in [9.17, 15) is 0 Å². The van der Waals surface area contributed by atoms with E-state index < -0.39 is 0 Å². The molecule has 5 heterocycles. The average molecular weight is 805 g/mol. The number of hydrogen-bond acceptors (Lipinski definition) is 3. The highest BCUT2D eigenvalue weighted by Crippen LogP contribution is 2.40. The van der Waals surface area contributed by atoms with Gasteiger partial charge in [-0.25, -0.2) is 4.98 Å². The van der Waals surface area contributed by atoms with E-state index in [1.165, 1.54) is 38.2 Å². The Morgan fingerprint density at radius 2 is 0.921 bits per heavy atom. The number of rotatable bonds is 6. The summed E-state index contributed by atoms with van der Waals surface area (Å²) in [7, 11) is 0. The van der Waals surface area contributed by atoms with E-state index in [4.69, 9.17) is 9.40 Å². The Morgan fingerprint density at radius 1 is 0.365 bits per heavy atom. The number of aromatic nitrogens is 4. The van der Waals surface area contributed by atoms with Gasteiger partial charge in [-0.1, -0.05) is 133 Å². The number of fused-ring (bicyclic) bond motifs is 9. The highest BCUT2D eigenvalue weighted by atomic mass is 16.3. The fourth-order valence-corrected chi connectivity index (χ4v) is 9.64. The van der Waals surface area contributed by atoms with Crippen LogP contribution in [0.3, 0.4) is 0 Å². The molecule has 0 saturated carbocycles. The van der Waals surface area contributed by atoms with Crippen LogP contribution < -0.4 is 0 Å². The van der Waals surface area contributed by atoms with Crippen molar-refractivity contribution in [1.82, 2.24) is 19.1 Å². The minimum atomic E-state index is 0.810. The Morgan fingerprint density at radius 3 is 1.62 bits per heavy atom. The molecular weight excluding hydrogens is 769 g/mol. The molecule has 5 aromatic heterocycles. The van der Waals surface area contributed by atoms with Gasteiger partial charge in [-0.2, -0.15) is 0 Å². The maximum atomic E-state index is 6.34. The number of para-hydroxylation sites is 3. The van der Waals surface area contributed by atoms with Crippen molar-refractivity contribution >= 4 is 65.7 Å². The van der Waals surface area contributed by atoms with E-state index in [1.54, 1.807) is 0 Å². The highest BCUT2D eigenvalue weighted by molar-refractivity contribution is 6.13. The molecule has 63 heavy (non-hydrogen) atoms. The molecule has 5 nitrogen and oxygen atoms in total. The van der Waals surface area contributed by atoms with Crippen LogP contribution in [-0.2, 0) is 0 Å². The first-order valence-electron chi connectivity index (χ1n) is 21.3. The standard InChI is InChI=1S/C58H36N4O/c1-3-13-37(14-4-1)42-35-50(39-15-5-2-6-16-39)60-56(36-42)62-52-21-11-8-18-46(52)49-34-41(26-30-54(49)62)40-25-29-53-48(33-40)45-17-7-10-20-51(45)61(53)43-27-23-38(24-28-43)44-31-32-59-57-47-19-9-12-22-55(47)63-58(44)57/h1-36H. The van der Waals surface area contributed by atoms with Gasteiger partial charge in [-0.15, -0.1) is 0 Å². The van der Waals surface area contributed by atoms with Gasteiger partial charge in [-0.3, -0.25) is 9.55 Å². The number of furan rings is 1. The van der Waals surface area contributed by atoms with E-state index in [0.717, 1.165) is 83.6 Å². The van der Waals surface area contributed by atoms with E-state index in [0.29, 0.717) is 0 Å². The Balaban J connectivity index is 0.925. The van der Waals surface area contributed by atoms with Gasteiger partial charge < -0.3 is 8.98 Å². The summed E-state index contributed by atoms with van der Waals surface area (Å²) in [5.41, 5.74) is 17.0. The maximum absolute atomic E-state index is 6.34. The first-order chi connectivity index (χ1) is 31.2. The zero-order valence-corrected chi connectivity index (χ0v) is 34.0. The van der Waals surface area contributed by atoms with Crippen LogP contribution in [0.25, 0.3) is 122 Å².